The van der Waals surface area contributed by atoms with E-state index in [0.29, 0.717) is 0 Å². The summed E-state index contributed by atoms with van der Waals surface area (Å²) in [7, 11) is 0. The van der Waals surface area contributed by atoms with Crippen LogP contribution >= 0.6 is 0 Å². The monoisotopic (exact) mass is 200 g/mol. The van der Waals surface area contributed by atoms with E-state index in [0.717, 1.165) is 16.6 Å². The second-order valence-electron chi connectivity index (χ2n) is 2.97. The Bertz CT molecular complexity index is 560. The van der Waals surface area contributed by atoms with Crippen LogP contribution in [0.5, 0.6) is 0 Å². The van der Waals surface area contributed by atoms with E-state index >= 15 is 0 Å². The van der Waals surface area contributed by atoms with Crippen molar-refractivity contribution in [3.63, 3.8) is 0 Å². The summed E-state index contributed by atoms with van der Waals surface area (Å²) in [6.45, 7) is 0. The van der Waals surface area contributed by atoms with Gasteiger partial charge in [0.2, 0.25) is 0 Å². The molecule has 0 saturated carbocycles. The van der Waals surface area contributed by atoms with Crippen LogP contribution in [0.1, 0.15) is 12.0 Å². The molecule has 0 aliphatic heterocycles. The molecule has 0 saturated heterocycles. The van der Waals surface area contributed by atoms with E-state index in [2.05, 4.69) is 21.8 Å². The Balaban J connectivity index is 2.35. The van der Waals surface area contributed by atoms with Crippen LogP contribution in [0.3, 0.4) is 0 Å². The second-order valence-corrected chi connectivity index (χ2v) is 2.97. The first-order chi connectivity index (χ1) is 7.27. The van der Waals surface area contributed by atoms with E-state index in [1.54, 1.807) is 12.4 Å². The number of nitrogens with zero attached hydrogens (tertiary/aromatic N) is 1. The number of aliphatic carboxylic acids is 1. The van der Waals surface area contributed by atoms with Gasteiger partial charge in [0, 0.05) is 17.8 Å². The maximum absolute atomic E-state index is 10.3. The Morgan fingerprint density at radius 1 is 1.60 bits per heavy atom. The predicted octanol–water partition coefficient (Wildman–Crippen LogP) is 1.39. The molecule has 0 atom stereocenters. The maximum Gasteiger partial charge on any atom is 0.315 e. The molecule has 0 aliphatic carbocycles. The minimum atomic E-state index is -0.916. The summed E-state index contributed by atoms with van der Waals surface area (Å²) in [6, 6.07) is 3.71. The molecule has 2 N–H and O–H groups in total. The summed E-state index contributed by atoms with van der Waals surface area (Å²) in [6.07, 6.45) is 3.27. The molecule has 0 radical (unpaired) electrons. The Labute approximate surface area is 86.0 Å². The fourth-order valence-electron chi connectivity index (χ4n) is 1.27. The first-order valence-electron chi connectivity index (χ1n) is 4.40. The number of aromatic nitrogens is 2. The zero-order chi connectivity index (χ0) is 10.7. The summed E-state index contributed by atoms with van der Waals surface area (Å²) in [4.78, 5) is 17.3. The van der Waals surface area contributed by atoms with Gasteiger partial charge in [-0.05, 0) is 12.1 Å². The lowest BCUT2D eigenvalue weighted by Crippen LogP contribution is -1.90. The number of nitrogens with one attached hydrogen (secondary N) is 1. The zero-order valence-corrected chi connectivity index (χ0v) is 7.82. The lowest BCUT2D eigenvalue weighted by Gasteiger charge is -1.86. The highest BCUT2D eigenvalue weighted by atomic mass is 16.4. The highest BCUT2D eigenvalue weighted by molar-refractivity contribution is 5.83. The van der Waals surface area contributed by atoms with E-state index < -0.39 is 5.97 Å². The van der Waals surface area contributed by atoms with Gasteiger partial charge in [-0.15, -0.1) is 0 Å². The topological polar surface area (TPSA) is 66.0 Å². The quantitative estimate of drug-likeness (QED) is 0.683. The van der Waals surface area contributed by atoms with Gasteiger partial charge < -0.3 is 10.1 Å². The minimum Gasteiger partial charge on any atom is -0.481 e. The van der Waals surface area contributed by atoms with Crippen molar-refractivity contribution >= 4 is 17.0 Å². The van der Waals surface area contributed by atoms with Crippen molar-refractivity contribution in [3.8, 4) is 11.8 Å². The van der Waals surface area contributed by atoms with Crippen LogP contribution in [0, 0.1) is 11.8 Å². The molecule has 0 aromatic carbocycles. The van der Waals surface area contributed by atoms with Crippen molar-refractivity contribution < 1.29 is 9.90 Å². The summed E-state index contributed by atoms with van der Waals surface area (Å²) in [5.74, 6) is 4.46. The van der Waals surface area contributed by atoms with Gasteiger partial charge >= 0.3 is 5.97 Å². The SMILES string of the molecule is O=C(O)CC#Cc1c[nH]c2ncccc12. The molecule has 0 aliphatic rings. The van der Waals surface area contributed by atoms with Gasteiger partial charge in [-0.2, -0.15) is 0 Å². The van der Waals surface area contributed by atoms with E-state index in [1.165, 1.54) is 0 Å². The summed E-state index contributed by atoms with van der Waals surface area (Å²) < 4.78 is 0. The number of fused-ring (bicyclic) bond motifs is 1. The molecule has 0 amide bonds. The lowest BCUT2D eigenvalue weighted by atomic mass is 10.2. The first-order valence-corrected chi connectivity index (χ1v) is 4.40. The molecular weight excluding hydrogens is 192 g/mol. The fourth-order valence-corrected chi connectivity index (χ4v) is 1.27. The number of H-pyrrole nitrogens is 1. The van der Waals surface area contributed by atoms with Crippen LogP contribution in [0.15, 0.2) is 24.5 Å². The van der Waals surface area contributed by atoms with E-state index in [-0.39, 0.29) is 6.42 Å². The summed E-state index contributed by atoms with van der Waals surface area (Å²) in [5, 5.41) is 9.35. The van der Waals surface area contributed by atoms with Crippen LogP contribution < -0.4 is 0 Å². The van der Waals surface area contributed by atoms with Crippen LogP contribution in [-0.2, 0) is 4.79 Å². The Morgan fingerprint density at radius 3 is 3.27 bits per heavy atom. The number of rotatable bonds is 1. The largest absolute Gasteiger partial charge is 0.481 e. The number of carbonyl (C=O) groups is 1. The van der Waals surface area contributed by atoms with Crippen molar-refractivity contribution in [2.24, 2.45) is 0 Å². The van der Waals surface area contributed by atoms with Crippen LogP contribution in [-0.4, -0.2) is 21.0 Å². The number of aromatic amines is 1. The third-order valence-electron chi connectivity index (χ3n) is 1.91. The summed E-state index contributed by atoms with van der Waals surface area (Å²) >= 11 is 0. The van der Waals surface area contributed by atoms with Crippen molar-refractivity contribution in [2.45, 2.75) is 6.42 Å². The van der Waals surface area contributed by atoms with E-state index in [4.69, 9.17) is 5.11 Å². The number of hydrogen-bond donors (Lipinski definition) is 2. The molecule has 4 nitrogen and oxygen atoms in total. The molecule has 2 rings (SSSR count). The van der Waals surface area contributed by atoms with Gasteiger partial charge in [0.05, 0.1) is 5.56 Å². The standard InChI is InChI=1S/C11H8N2O2/c14-10(15)5-1-3-8-7-13-11-9(8)4-2-6-12-11/h2,4,6-7H,5H2,(H,12,13)(H,14,15). The van der Waals surface area contributed by atoms with Gasteiger partial charge in [0.25, 0.3) is 0 Å². The molecule has 4 heteroatoms. The van der Waals surface area contributed by atoms with Crippen LogP contribution in [0.2, 0.25) is 0 Å². The normalized spacial score (nSPS) is 9.60. The van der Waals surface area contributed by atoms with Gasteiger partial charge in [0.15, 0.2) is 0 Å². The predicted molar refractivity (Wildman–Crippen MR) is 55.2 cm³/mol. The van der Waals surface area contributed by atoms with Gasteiger partial charge in [-0.3, -0.25) is 4.79 Å². The molecule has 15 heavy (non-hydrogen) atoms. The molecule has 74 valence electrons. The summed E-state index contributed by atoms with van der Waals surface area (Å²) in [5.41, 5.74) is 1.54. The minimum absolute atomic E-state index is 0.146. The highest BCUT2D eigenvalue weighted by Gasteiger charge is 1.99. The van der Waals surface area contributed by atoms with Crippen molar-refractivity contribution in [2.75, 3.05) is 0 Å². The van der Waals surface area contributed by atoms with Gasteiger partial charge in [0.1, 0.15) is 12.1 Å². The molecule has 2 aromatic rings. The highest BCUT2D eigenvalue weighted by Crippen LogP contribution is 2.13. The molecule has 2 aromatic heterocycles. The molecule has 2 heterocycles. The zero-order valence-electron chi connectivity index (χ0n) is 7.82. The van der Waals surface area contributed by atoms with Crippen molar-refractivity contribution in [3.05, 3.63) is 30.1 Å². The van der Waals surface area contributed by atoms with Crippen LogP contribution in [0.25, 0.3) is 11.0 Å². The lowest BCUT2D eigenvalue weighted by molar-refractivity contribution is -0.135. The van der Waals surface area contributed by atoms with E-state index in [9.17, 15) is 4.79 Å². The second kappa shape index (κ2) is 3.84. The number of hydrogen-bond acceptors (Lipinski definition) is 2. The molecular formula is C11H8N2O2. The number of carboxylic acids is 1. The molecule has 0 fully saturated rings. The van der Waals surface area contributed by atoms with E-state index in [1.807, 2.05) is 12.1 Å². The average molecular weight is 200 g/mol. The maximum atomic E-state index is 10.3. The fraction of sp³-hybridized carbons (Fsp3) is 0.0909. The molecule has 0 bridgehead atoms. The molecule has 0 unspecified atom stereocenters. The van der Waals surface area contributed by atoms with Gasteiger partial charge in [-0.25, -0.2) is 4.98 Å². The Hall–Kier alpha value is -2.28. The third kappa shape index (κ3) is 1.97. The molecule has 0 spiro atoms. The number of pyridine rings is 1. The van der Waals surface area contributed by atoms with Gasteiger partial charge in [-0.1, -0.05) is 11.8 Å². The average Bonchev–Trinajstić information content (AvgIpc) is 2.62. The Kier molecular flexibility index (Phi) is 2.38. The smallest absolute Gasteiger partial charge is 0.315 e. The third-order valence-corrected chi connectivity index (χ3v) is 1.91. The van der Waals surface area contributed by atoms with Crippen LogP contribution in [0.4, 0.5) is 0 Å². The number of carboxylic acid groups (broad SMARTS) is 1. The van der Waals surface area contributed by atoms with Crippen molar-refractivity contribution in [1.82, 2.24) is 9.97 Å². The van der Waals surface area contributed by atoms with Crippen molar-refractivity contribution in [1.29, 1.82) is 0 Å². The first kappa shape index (κ1) is 9.28. The Morgan fingerprint density at radius 2 is 2.47 bits per heavy atom.